The molecule has 0 spiro atoms. The maximum atomic E-state index is 13.0. The van der Waals surface area contributed by atoms with E-state index in [0.717, 1.165) is 25.3 Å². The highest BCUT2D eigenvalue weighted by Gasteiger charge is 2.40. The van der Waals surface area contributed by atoms with Gasteiger partial charge >= 0.3 is 0 Å². The standard InChI is InChI=1S/C12H15FN2O3S/c1-19(18)12(5-2-6-12)8-14-10-4-3-9(13)7-11(10)15(16)17/h3-4,7,14H,2,5-6,8H2,1H3/t19-/m0/s1. The van der Waals surface area contributed by atoms with Crippen molar-refractivity contribution in [3.05, 3.63) is 34.1 Å². The number of anilines is 1. The van der Waals surface area contributed by atoms with Crippen LogP contribution in [0.5, 0.6) is 0 Å². The van der Waals surface area contributed by atoms with Crippen LogP contribution in [-0.2, 0) is 10.8 Å². The number of benzene rings is 1. The van der Waals surface area contributed by atoms with Gasteiger partial charge < -0.3 is 5.32 Å². The Morgan fingerprint density at radius 3 is 2.68 bits per heavy atom. The number of rotatable bonds is 5. The molecule has 1 N–H and O–H groups in total. The Labute approximate surface area is 112 Å². The first kappa shape index (κ1) is 13.9. The number of nitro benzene ring substituents is 1. The summed E-state index contributed by atoms with van der Waals surface area (Å²) >= 11 is 0. The molecule has 1 saturated carbocycles. The molecule has 1 atom stereocenters. The van der Waals surface area contributed by atoms with Gasteiger partial charge in [-0.2, -0.15) is 0 Å². The largest absolute Gasteiger partial charge is 0.378 e. The van der Waals surface area contributed by atoms with Gasteiger partial charge in [0.1, 0.15) is 11.5 Å². The smallest absolute Gasteiger partial charge is 0.295 e. The van der Waals surface area contributed by atoms with Crippen LogP contribution in [0, 0.1) is 15.9 Å². The molecule has 19 heavy (non-hydrogen) atoms. The average Bonchev–Trinajstić information content (AvgIpc) is 2.28. The summed E-state index contributed by atoms with van der Waals surface area (Å²) in [4.78, 5) is 10.2. The fourth-order valence-corrected chi connectivity index (χ4v) is 3.34. The third-order valence-electron chi connectivity index (χ3n) is 3.63. The highest BCUT2D eigenvalue weighted by atomic mass is 32.2. The van der Waals surface area contributed by atoms with E-state index in [2.05, 4.69) is 5.32 Å². The van der Waals surface area contributed by atoms with Gasteiger partial charge in [0.25, 0.3) is 5.69 Å². The van der Waals surface area contributed by atoms with E-state index in [0.29, 0.717) is 6.54 Å². The molecule has 7 heteroatoms. The number of hydrogen-bond acceptors (Lipinski definition) is 4. The van der Waals surface area contributed by atoms with Crippen molar-refractivity contribution in [2.75, 3.05) is 18.1 Å². The Bertz CT molecular complexity index is 532. The molecule has 0 saturated heterocycles. The van der Waals surface area contributed by atoms with Crippen LogP contribution in [0.2, 0.25) is 0 Å². The molecule has 0 amide bonds. The first-order chi connectivity index (χ1) is 8.94. The lowest BCUT2D eigenvalue weighted by atomic mass is 9.84. The Balaban J connectivity index is 2.15. The van der Waals surface area contributed by atoms with Crippen molar-refractivity contribution in [3.8, 4) is 0 Å². The second kappa shape index (κ2) is 5.24. The lowest BCUT2D eigenvalue weighted by Gasteiger charge is -2.40. The molecule has 0 unspecified atom stereocenters. The number of nitrogens with one attached hydrogen (secondary N) is 1. The summed E-state index contributed by atoms with van der Waals surface area (Å²) < 4.78 is 24.4. The van der Waals surface area contributed by atoms with Gasteiger partial charge in [0.15, 0.2) is 0 Å². The van der Waals surface area contributed by atoms with E-state index in [9.17, 15) is 18.7 Å². The van der Waals surface area contributed by atoms with Gasteiger partial charge in [-0.15, -0.1) is 0 Å². The van der Waals surface area contributed by atoms with E-state index >= 15 is 0 Å². The number of nitrogens with zero attached hydrogens (tertiary/aromatic N) is 1. The van der Waals surface area contributed by atoms with Crippen molar-refractivity contribution in [2.45, 2.75) is 24.0 Å². The molecular formula is C12H15FN2O3S. The molecule has 0 radical (unpaired) electrons. The van der Waals surface area contributed by atoms with Crippen molar-refractivity contribution >= 4 is 22.2 Å². The number of halogens is 1. The maximum absolute atomic E-state index is 13.0. The van der Waals surface area contributed by atoms with Crippen LogP contribution < -0.4 is 5.32 Å². The lowest BCUT2D eigenvalue weighted by molar-refractivity contribution is -0.384. The van der Waals surface area contributed by atoms with Crippen molar-refractivity contribution in [1.82, 2.24) is 0 Å². The van der Waals surface area contributed by atoms with Gasteiger partial charge in [0.2, 0.25) is 0 Å². The molecule has 104 valence electrons. The molecule has 5 nitrogen and oxygen atoms in total. The highest BCUT2D eigenvalue weighted by Crippen LogP contribution is 2.38. The first-order valence-corrected chi connectivity index (χ1v) is 7.52. The molecule has 1 aliphatic rings. The van der Waals surface area contributed by atoms with Gasteiger partial charge in [-0.25, -0.2) is 4.39 Å². The number of hydrogen-bond donors (Lipinski definition) is 1. The summed E-state index contributed by atoms with van der Waals surface area (Å²) in [6.45, 7) is 0.405. The summed E-state index contributed by atoms with van der Waals surface area (Å²) in [7, 11) is -0.984. The van der Waals surface area contributed by atoms with Gasteiger partial charge in [0.05, 0.1) is 15.7 Å². The first-order valence-electron chi connectivity index (χ1n) is 5.96. The summed E-state index contributed by atoms with van der Waals surface area (Å²) in [5, 5.41) is 13.8. The zero-order valence-electron chi connectivity index (χ0n) is 10.5. The predicted octanol–water partition coefficient (Wildman–Crippen LogP) is 2.45. The van der Waals surface area contributed by atoms with Crippen LogP contribution >= 0.6 is 0 Å². The van der Waals surface area contributed by atoms with Crippen LogP contribution in [0.25, 0.3) is 0 Å². The molecule has 1 aromatic carbocycles. The molecule has 1 aromatic rings. The van der Waals surface area contributed by atoms with Gasteiger partial charge in [0, 0.05) is 23.6 Å². The van der Waals surface area contributed by atoms with Crippen molar-refractivity contribution in [1.29, 1.82) is 0 Å². The molecule has 0 heterocycles. The molecule has 0 aliphatic heterocycles. The topological polar surface area (TPSA) is 72.2 Å². The molecular weight excluding hydrogens is 271 g/mol. The minimum atomic E-state index is -0.984. The van der Waals surface area contributed by atoms with Crippen LogP contribution in [0.15, 0.2) is 18.2 Å². The van der Waals surface area contributed by atoms with Crippen LogP contribution in [0.4, 0.5) is 15.8 Å². The summed E-state index contributed by atoms with van der Waals surface area (Å²) in [6.07, 6.45) is 4.36. The zero-order valence-corrected chi connectivity index (χ0v) is 11.3. The SMILES string of the molecule is C[S@](=O)C1(CNc2ccc(F)cc2[N+](=O)[O-])CCC1. The van der Waals surface area contributed by atoms with E-state index in [4.69, 9.17) is 0 Å². The third kappa shape index (κ3) is 2.75. The van der Waals surface area contributed by atoms with Crippen LogP contribution in [0.1, 0.15) is 19.3 Å². The van der Waals surface area contributed by atoms with E-state index in [-0.39, 0.29) is 16.1 Å². The molecule has 0 bridgehead atoms. The van der Waals surface area contributed by atoms with Crippen molar-refractivity contribution < 1.29 is 13.5 Å². The number of nitro groups is 1. The summed E-state index contributed by atoms with van der Waals surface area (Å²) in [5.41, 5.74) is -0.0283. The molecule has 1 aliphatic carbocycles. The van der Waals surface area contributed by atoms with Gasteiger partial charge in [-0.3, -0.25) is 14.3 Å². The zero-order chi connectivity index (χ0) is 14.0. The van der Waals surface area contributed by atoms with Gasteiger partial charge in [-0.1, -0.05) is 6.42 Å². The minimum absolute atomic E-state index is 0.267. The second-order valence-electron chi connectivity index (χ2n) is 4.76. The normalized spacial score (nSPS) is 18.4. The Kier molecular flexibility index (Phi) is 3.84. The maximum Gasteiger partial charge on any atom is 0.295 e. The van der Waals surface area contributed by atoms with Crippen molar-refractivity contribution in [2.24, 2.45) is 0 Å². The monoisotopic (exact) mass is 286 g/mol. The molecule has 2 rings (SSSR count). The fraction of sp³-hybridized carbons (Fsp3) is 0.500. The fourth-order valence-electron chi connectivity index (χ4n) is 2.20. The Morgan fingerprint density at radius 1 is 1.53 bits per heavy atom. The quantitative estimate of drug-likeness (QED) is 0.666. The van der Waals surface area contributed by atoms with E-state index in [1.54, 1.807) is 6.26 Å². The predicted molar refractivity (Wildman–Crippen MR) is 72.2 cm³/mol. The molecule has 0 aromatic heterocycles. The van der Waals surface area contributed by atoms with Crippen molar-refractivity contribution in [3.63, 3.8) is 0 Å². The minimum Gasteiger partial charge on any atom is -0.378 e. The summed E-state index contributed by atoms with van der Waals surface area (Å²) in [6, 6.07) is 3.41. The van der Waals surface area contributed by atoms with Gasteiger partial charge in [-0.05, 0) is 25.0 Å². The second-order valence-corrected chi connectivity index (χ2v) is 6.54. The lowest BCUT2D eigenvalue weighted by Crippen LogP contribution is -2.47. The summed E-state index contributed by atoms with van der Waals surface area (Å²) in [5.74, 6) is -0.644. The van der Waals surface area contributed by atoms with E-state index in [1.807, 2.05) is 0 Å². The average molecular weight is 286 g/mol. The highest BCUT2D eigenvalue weighted by molar-refractivity contribution is 7.85. The van der Waals surface area contributed by atoms with Crippen LogP contribution in [-0.4, -0.2) is 26.7 Å². The van der Waals surface area contributed by atoms with E-state index in [1.165, 1.54) is 12.1 Å². The van der Waals surface area contributed by atoms with Crippen LogP contribution in [0.3, 0.4) is 0 Å². The molecule has 1 fully saturated rings. The Hall–Kier alpha value is -1.50. The third-order valence-corrected chi connectivity index (χ3v) is 5.40. The van der Waals surface area contributed by atoms with E-state index < -0.39 is 21.5 Å². The Morgan fingerprint density at radius 2 is 2.21 bits per heavy atom.